The highest BCUT2D eigenvalue weighted by Crippen LogP contribution is 2.49. The molecule has 0 aliphatic heterocycles. The molecule has 0 heterocycles. The van der Waals surface area contributed by atoms with Crippen molar-refractivity contribution < 1.29 is 0 Å². The average Bonchev–Trinajstić information content (AvgIpc) is 3.27. The lowest BCUT2D eigenvalue weighted by Crippen LogP contribution is -2.19. The zero-order chi connectivity index (χ0) is 36.6. The van der Waals surface area contributed by atoms with Crippen molar-refractivity contribution in [1.82, 2.24) is 0 Å². The van der Waals surface area contributed by atoms with E-state index in [1.165, 1.54) is 54.2 Å². The van der Waals surface area contributed by atoms with Gasteiger partial charge in [0.25, 0.3) is 0 Å². The van der Waals surface area contributed by atoms with Crippen LogP contribution in [0.1, 0.15) is 0 Å². The van der Waals surface area contributed by atoms with E-state index in [4.69, 9.17) is 0 Å². The highest BCUT2D eigenvalue weighted by molar-refractivity contribution is 7.89. The van der Waals surface area contributed by atoms with E-state index in [-0.39, 0.29) is 0 Å². The fraction of sp³-hybridized carbons (Fsp3) is 0.0400. The SMILES string of the molecule is c1ccc(P(CP(c2ccccc2)c2ccccc2)c2ccccc2)cc1.c1ccc(P(CP(c2ccccc2)c2ccccc2)c2ccccc2)cc1. The van der Waals surface area contributed by atoms with Gasteiger partial charge in [0, 0.05) is 11.8 Å². The first-order chi connectivity index (χ1) is 26.8. The molecule has 0 amide bonds. The van der Waals surface area contributed by atoms with Gasteiger partial charge in [-0.25, -0.2) is 0 Å². The van der Waals surface area contributed by atoms with Crippen LogP contribution in [0.4, 0.5) is 0 Å². The lowest BCUT2D eigenvalue weighted by molar-refractivity contribution is 1.73. The molecule has 0 N–H and O–H groups in total. The normalized spacial score (nSPS) is 11.0. The molecule has 0 aromatic heterocycles. The van der Waals surface area contributed by atoms with Crippen LogP contribution in [-0.2, 0) is 0 Å². The number of rotatable bonds is 12. The van der Waals surface area contributed by atoms with Crippen LogP contribution in [0.2, 0.25) is 0 Å². The molecule has 0 aliphatic rings. The molecule has 0 bridgehead atoms. The Balaban J connectivity index is 0.000000167. The van der Waals surface area contributed by atoms with Gasteiger partial charge < -0.3 is 0 Å². The predicted molar refractivity (Wildman–Crippen MR) is 246 cm³/mol. The Morgan fingerprint density at radius 1 is 0.167 bits per heavy atom. The summed E-state index contributed by atoms with van der Waals surface area (Å²) < 4.78 is 0. The van der Waals surface area contributed by atoms with E-state index in [9.17, 15) is 0 Å². The second-order valence-electron chi connectivity index (χ2n) is 12.7. The first-order valence-corrected chi connectivity index (χ1v) is 24.4. The largest absolute Gasteiger partial charge is 0.0622 e. The minimum absolute atomic E-state index is 0.409. The van der Waals surface area contributed by atoms with Gasteiger partial charge in [-0.2, -0.15) is 0 Å². The van der Waals surface area contributed by atoms with Crippen molar-refractivity contribution >= 4 is 74.1 Å². The van der Waals surface area contributed by atoms with Crippen molar-refractivity contribution in [2.24, 2.45) is 0 Å². The fourth-order valence-electron chi connectivity index (χ4n) is 6.40. The van der Waals surface area contributed by atoms with Crippen LogP contribution in [0.3, 0.4) is 0 Å². The van der Waals surface area contributed by atoms with E-state index in [2.05, 4.69) is 243 Å². The molecular weight excluding hydrogens is 724 g/mol. The molecule has 264 valence electrons. The van der Waals surface area contributed by atoms with Crippen LogP contribution < -0.4 is 42.4 Å². The molecule has 0 aliphatic carbocycles. The van der Waals surface area contributed by atoms with Crippen LogP contribution in [-0.4, -0.2) is 11.8 Å². The monoisotopic (exact) mass is 768 g/mol. The third kappa shape index (κ3) is 10.4. The van der Waals surface area contributed by atoms with Gasteiger partial charge in [-0.15, -0.1) is 0 Å². The summed E-state index contributed by atoms with van der Waals surface area (Å²) in [5, 5.41) is 11.7. The topological polar surface area (TPSA) is 0 Å². The highest BCUT2D eigenvalue weighted by Gasteiger charge is 2.23. The number of benzene rings is 8. The van der Waals surface area contributed by atoms with E-state index in [1.807, 2.05) is 0 Å². The molecule has 4 heteroatoms. The van der Waals surface area contributed by atoms with Crippen molar-refractivity contribution in [2.45, 2.75) is 0 Å². The quantitative estimate of drug-likeness (QED) is 0.109. The Kier molecular flexibility index (Phi) is 14.2. The van der Waals surface area contributed by atoms with E-state index in [0.29, 0.717) is 0 Å². The van der Waals surface area contributed by atoms with E-state index < -0.39 is 31.7 Å². The molecular formula is C50H44P4. The van der Waals surface area contributed by atoms with Crippen LogP contribution in [0, 0.1) is 0 Å². The summed E-state index contributed by atoms with van der Waals surface area (Å²) in [4.78, 5) is 0. The Labute approximate surface area is 327 Å². The molecule has 8 rings (SSSR count). The lowest BCUT2D eigenvalue weighted by Gasteiger charge is -2.26. The van der Waals surface area contributed by atoms with E-state index in [1.54, 1.807) is 0 Å². The second kappa shape index (κ2) is 20.2. The third-order valence-electron chi connectivity index (χ3n) is 9.11. The first kappa shape index (κ1) is 37.8. The van der Waals surface area contributed by atoms with Crippen molar-refractivity contribution in [3.05, 3.63) is 243 Å². The summed E-state index contributed by atoms with van der Waals surface area (Å²) in [5.74, 6) is 2.35. The lowest BCUT2D eigenvalue weighted by atomic mass is 10.4. The maximum absolute atomic E-state index is 2.29. The Morgan fingerprint density at radius 3 is 0.389 bits per heavy atom. The minimum atomic E-state index is -0.409. The predicted octanol–water partition coefficient (Wildman–Crippen LogP) is 10.4. The van der Waals surface area contributed by atoms with Crippen LogP contribution in [0.25, 0.3) is 0 Å². The van der Waals surface area contributed by atoms with E-state index in [0.717, 1.165) is 0 Å². The van der Waals surface area contributed by atoms with Gasteiger partial charge in [0.2, 0.25) is 0 Å². The number of hydrogen-bond donors (Lipinski definition) is 0. The first-order valence-electron chi connectivity index (χ1n) is 18.3. The van der Waals surface area contributed by atoms with Gasteiger partial charge in [-0.1, -0.05) is 243 Å². The molecule has 0 spiro atoms. The second-order valence-corrected chi connectivity index (χ2v) is 22.5. The van der Waals surface area contributed by atoms with Crippen molar-refractivity contribution in [2.75, 3.05) is 11.8 Å². The van der Waals surface area contributed by atoms with Crippen molar-refractivity contribution in [3.8, 4) is 0 Å². The highest BCUT2D eigenvalue weighted by atomic mass is 31.2. The smallest absolute Gasteiger partial charge is 0.00405 e. The molecule has 0 unspecified atom stereocenters. The molecule has 8 aromatic carbocycles. The summed E-state index contributed by atoms with van der Waals surface area (Å²) in [6.45, 7) is 0. The summed E-state index contributed by atoms with van der Waals surface area (Å²) >= 11 is 0. The molecule has 8 aromatic rings. The molecule has 54 heavy (non-hydrogen) atoms. The van der Waals surface area contributed by atoms with Crippen LogP contribution in [0.15, 0.2) is 243 Å². The minimum Gasteiger partial charge on any atom is -0.0622 e. The zero-order valence-corrected chi connectivity index (χ0v) is 33.9. The van der Waals surface area contributed by atoms with Gasteiger partial charge in [-0.05, 0) is 74.1 Å². The standard InChI is InChI=1S/2C25H22P2/c2*1-5-13-22(14-6-1)26(23-15-7-2-8-16-23)21-27(24-17-9-3-10-18-24)25-19-11-4-12-20-25/h2*1-20H,21H2. The third-order valence-corrected chi connectivity index (χ3v) is 21.0. The van der Waals surface area contributed by atoms with Gasteiger partial charge in [0.15, 0.2) is 0 Å². The maximum atomic E-state index is 2.29. The Bertz CT molecular complexity index is 1720. The molecule has 0 fully saturated rings. The maximum Gasteiger partial charge on any atom is 0.00405 e. The van der Waals surface area contributed by atoms with Gasteiger partial charge in [-0.3, -0.25) is 0 Å². The van der Waals surface area contributed by atoms with Gasteiger partial charge >= 0.3 is 0 Å². The van der Waals surface area contributed by atoms with Gasteiger partial charge in [0.1, 0.15) is 0 Å². The Morgan fingerprint density at radius 2 is 0.278 bits per heavy atom. The van der Waals surface area contributed by atoms with Crippen molar-refractivity contribution in [1.29, 1.82) is 0 Å². The molecule has 0 atom stereocenters. The van der Waals surface area contributed by atoms with Crippen LogP contribution >= 0.6 is 31.7 Å². The zero-order valence-electron chi connectivity index (χ0n) is 30.3. The van der Waals surface area contributed by atoms with E-state index >= 15 is 0 Å². The average molecular weight is 769 g/mol. The molecule has 0 saturated heterocycles. The number of hydrogen-bond acceptors (Lipinski definition) is 0. The summed E-state index contributed by atoms with van der Waals surface area (Å²) in [6, 6.07) is 88.3. The summed E-state index contributed by atoms with van der Waals surface area (Å²) in [5.41, 5.74) is 0. The molecule has 0 nitrogen and oxygen atoms in total. The molecule has 0 saturated carbocycles. The molecule has 0 radical (unpaired) electrons. The fourth-order valence-corrected chi connectivity index (χ4v) is 19.3. The van der Waals surface area contributed by atoms with Gasteiger partial charge in [0.05, 0.1) is 0 Å². The summed E-state index contributed by atoms with van der Waals surface area (Å²) in [6.07, 6.45) is 0. The Hall–Kier alpha value is -4.52. The summed E-state index contributed by atoms with van der Waals surface area (Å²) in [7, 11) is -1.63. The van der Waals surface area contributed by atoms with Crippen LogP contribution in [0.5, 0.6) is 0 Å². The van der Waals surface area contributed by atoms with Crippen molar-refractivity contribution in [3.63, 3.8) is 0 Å².